The SMILES string of the molecule is Cc1cccc(C(=O)NNC(=O)[C@H]2C[C@@H]2c2ccccc2)c1. The van der Waals surface area contributed by atoms with E-state index in [9.17, 15) is 9.59 Å². The van der Waals surface area contributed by atoms with Crippen LogP contribution >= 0.6 is 0 Å². The maximum absolute atomic E-state index is 12.1. The zero-order valence-corrected chi connectivity index (χ0v) is 12.4. The fourth-order valence-corrected chi connectivity index (χ4v) is 2.62. The lowest BCUT2D eigenvalue weighted by Crippen LogP contribution is -2.42. The Hall–Kier alpha value is -2.62. The molecule has 2 aromatic rings. The number of aryl methyl sites for hydroxylation is 1. The predicted molar refractivity (Wildman–Crippen MR) is 84.1 cm³/mol. The van der Waals surface area contributed by atoms with Crippen LogP contribution in [-0.2, 0) is 4.79 Å². The lowest BCUT2D eigenvalue weighted by atomic mass is 10.1. The number of hydrazine groups is 1. The van der Waals surface area contributed by atoms with Gasteiger partial charge in [0.25, 0.3) is 5.91 Å². The van der Waals surface area contributed by atoms with Crippen LogP contribution in [0.1, 0.15) is 33.8 Å². The summed E-state index contributed by atoms with van der Waals surface area (Å²) in [5, 5.41) is 0. The summed E-state index contributed by atoms with van der Waals surface area (Å²) in [5.74, 6) is -0.221. The number of amides is 2. The molecule has 22 heavy (non-hydrogen) atoms. The molecule has 2 atom stereocenters. The highest BCUT2D eigenvalue weighted by molar-refractivity contribution is 5.96. The fourth-order valence-electron chi connectivity index (χ4n) is 2.62. The lowest BCUT2D eigenvalue weighted by Gasteiger charge is -2.07. The molecule has 0 radical (unpaired) electrons. The third-order valence-electron chi connectivity index (χ3n) is 3.93. The molecule has 0 unspecified atom stereocenters. The molecular weight excluding hydrogens is 276 g/mol. The van der Waals surface area contributed by atoms with Crippen LogP contribution in [0.3, 0.4) is 0 Å². The van der Waals surface area contributed by atoms with Gasteiger partial charge in [0.15, 0.2) is 0 Å². The van der Waals surface area contributed by atoms with Gasteiger partial charge in [0, 0.05) is 11.5 Å². The summed E-state index contributed by atoms with van der Waals surface area (Å²) in [4.78, 5) is 24.0. The van der Waals surface area contributed by atoms with E-state index >= 15 is 0 Å². The minimum Gasteiger partial charge on any atom is -0.273 e. The van der Waals surface area contributed by atoms with Gasteiger partial charge in [-0.15, -0.1) is 0 Å². The first-order chi connectivity index (χ1) is 10.6. The van der Waals surface area contributed by atoms with E-state index in [0.29, 0.717) is 5.56 Å². The molecule has 0 aromatic heterocycles. The summed E-state index contributed by atoms with van der Waals surface area (Å²) in [6.07, 6.45) is 0.830. The van der Waals surface area contributed by atoms with E-state index in [0.717, 1.165) is 12.0 Å². The second-order valence-corrected chi connectivity index (χ2v) is 5.67. The molecule has 4 heteroatoms. The zero-order valence-electron chi connectivity index (χ0n) is 12.4. The van der Waals surface area contributed by atoms with Crippen molar-refractivity contribution in [3.63, 3.8) is 0 Å². The molecule has 0 heterocycles. The van der Waals surface area contributed by atoms with Crippen LogP contribution in [0, 0.1) is 12.8 Å². The van der Waals surface area contributed by atoms with E-state index in [1.54, 1.807) is 12.1 Å². The number of nitrogens with one attached hydrogen (secondary N) is 2. The van der Waals surface area contributed by atoms with Gasteiger partial charge in [-0.1, -0.05) is 48.0 Å². The van der Waals surface area contributed by atoms with Crippen LogP contribution in [0.4, 0.5) is 0 Å². The van der Waals surface area contributed by atoms with E-state index in [-0.39, 0.29) is 23.7 Å². The largest absolute Gasteiger partial charge is 0.273 e. The van der Waals surface area contributed by atoms with E-state index in [1.807, 2.05) is 49.4 Å². The van der Waals surface area contributed by atoms with Crippen LogP contribution in [-0.4, -0.2) is 11.8 Å². The summed E-state index contributed by atoms with van der Waals surface area (Å²) in [6, 6.07) is 17.2. The average Bonchev–Trinajstić information content (AvgIpc) is 3.34. The van der Waals surface area contributed by atoms with Gasteiger partial charge in [0.05, 0.1) is 0 Å². The van der Waals surface area contributed by atoms with Gasteiger partial charge in [0.1, 0.15) is 0 Å². The highest BCUT2D eigenvalue weighted by Gasteiger charge is 2.43. The van der Waals surface area contributed by atoms with Crippen LogP contribution in [0.25, 0.3) is 0 Å². The molecule has 4 nitrogen and oxygen atoms in total. The summed E-state index contributed by atoms with van der Waals surface area (Å²) < 4.78 is 0. The third-order valence-corrected chi connectivity index (χ3v) is 3.93. The molecule has 0 saturated heterocycles. The Labute approximate surface area is 129 Å². The molecule has 2 amide bonds. The molecule has 1 saturated carbocycles. The van der Waals surface area contributed by atoms with E-state index in [1.165, 1.54) is 5.56 Å². The molecule has 1 aliphatic carbocycles. The van der Waals surface area contributed by atoms with Gasteiger partial charge < -0.3 is 0 Å². The van der Waals surface area contributed by atoms with Crippen molar-refractivity contribution in [2.45, 2.75) is 19.3 Å². The van der Waals surface area contributed by atoms with Crippen molar-refractivity contribution < 1.29 is 9.59 Å². The Kier molecular flexibility index (Phi) is 3.92. The molecule has 1 fully saturated rings. The Bertz CT molecular complexity index is 697. The van der Waals surface area contributed by atoms with Gasteiger partial charge in [-0.2, -0.15) is 0 Å². The van der Waals surface area contributed by atoms with Crippen LogP contribution in [0.2, 0.25) is 0 Å². The number of benzene rings is 2. The molecule has 112 valence electrons. The highest BCUT2D eigenvalue weighted by atomic mass is 16.2. The van der Waals surface area contributed by atoms with E-state index < -0.39 is 0 Å². The first kappa shape index (κ1) is 14.3. The highest BCUT2D eigenvalue weighted by Crippen LogP contribution is 2.47. The number of hydrogen-bond donors (Lipinski definition) is 2. The zero-order chi connectivity index (χ0) is 15.5. The van der Waals surface area contributed by atoms with E-state index in [2.05, 4.69) is 10.9 Å². The van der Waals surface area contributed by atoms with Gasteiger partial charge in [-0.3, -0.25) is 20.4 Å². The third kappa shape index (κ3) is 3.17. The maximum atomic E-state index is 12.1. The van der Waals surface area contributed by atoms with Gasteiger partial charge in [-0.05, 0) is 37.0 Å². The maximum Gasteiger partial charge on any atom is 0.269 e. The average molecular weight is 294 g/mol. The Balaban J connectivity index is 1.52. The van der Waals surface area contributed by atoms with E-state index in [4.69, 9.17) is 0 Å². The Morgan fingerprint density at radius 2 is 1.77 bits per heavy atom. The minimum atomic E-state index is -0.297. The fraction of sp³-hybridized carbons (Fsp3) is 0.222. The monoisotopic (exact) mass is 294 g/mol. The Morgan fingerprint density at radius 3 is 2.50 bits per heavy atom. The molecule has 2 aromatic carbocycles. The number of carbonyl (C=O) groups excluding carboxylic acids is 2. The summed E-state index contributed by atoms with van der Waals surface area (Å²) in [6.45, 7) is 1.92. The lowest BCUT2D eigenvalue weighted by molar-refractivity contribution is -0.123. The van der Waals surface area contributed by atoms with Crippen LogP contribution < -0.4 is 10.9 Å². The second-order valence-electron chi connectivity index (χ2n) is 5.67. The molecule has 1 aliphatic rings. The van der Waals surface area contributed by atoms with Gasteiger partial charge in [0.2, 0.25) is 5.91 Å². The smallest absolute Gasteiger partial charge is 0.269 e. The molecule has 0 spiro atoms. The summed E-state index contributed by atoms with van der Waals surface area (Å²) in [7, 11) is 0. The molecule has 0 bridgehead atoms. The normalized spacial score (nSPS) is 19.3. The first-order valence-electron chi connectivity index (χ1n) is 7.37. The topological polar surface area (TPSA) is 58.2 Å². The van der Waals surface area contributed by atoms with Crippen LogP contribution in [0.5, 0.6) is 0 Å². The van der Waals surface area contributed by atoms with Crippen molar-refractivity contribution in [1.29, 1.82) is 0 Å². The van der Waals surface area contributed by atoms with Crippen molar-refractivity contribution in [2.75, 3.05) is 0 Å². The minimum absolute atomic E-state index is 0.0554. The van der Waals surface area contributed by atoms with Crippen molar-refractivity contribution in [2.24, 2.45) is 5.92 Å². The van der Waals surface area contributed by atoms with Crippen molar-refractivity contribution in [3.8, 4) is 0 Å². The second kappa shape index (κ2) is 6.02. The van der Waals surface area contributed by atoms with Crippen molar-refractivity contribution in [1.82, 2.24) is 10.9 Å². The standard InChI is InChI=1S/C18H18N2O2/c1-12-6-5-9-14(10-12)17(21)19-20-18(22)16-11-15(16)13-7-3-2-4-8-13/h2-10,15-16H,11H2,1H3,(H,19,21)(H,20,22)/t15-,16+/m1/s1. The summed E-state index contributed by atoms with van der Waals surface area (Å²) >= 11 is 0. The number of carbonyl (C=O) groups is 2. The van der Waals surface area contributed by atoms with Crippen LogP contribution in [0.15, 0.2) is 54.6 Å². The van der Waals surface area contributed by atoms with Crippen molar-refractivity contribution in [3.05, 3.63) is 71.3 Å². The molecule has 0 aliphatic heterocycles. The molecule has 2 N–H and O–H groups in total. The molecular formula is C18H18N2O2. The number of rotatable bonds is 3. The quantitative estimate of drug-likeness (QED) is 0.855. The molecule has 3 rings (SSSR count). The summed E-state index contributed by atoms with van der Waals surface area (Å²) in [5.41, 5.74) is 7.72. The Morgan fingerprint density at radius 1 is 1.00 bits per heavy atom. The number of hydrogen-bond acceptors (Lipinski definition) is 2. The van der Waals surface area contributed by atoms with Gasteiger partial charge in [-0.25, -0.2) is 0 Å². The van der Waals surface area contributed by atoms with Crippen molar-refractivity contribution >= 4 is 11.8 Å². The predicted octanol–water partition coefficient (Wildman–Crippen LogP) is 2.56. The van der Waals surface area contributed by atoms with Gasteiger partial charge >= 0.3 is 0 Å². The first-order valence-corrected chi connectivity index (χ1v) is 7.37.